The highest BCUT2D eigenvalue weighted by molar-refractivity contribution is 7.15. The Bertz CT molecular complexity index is 900. The van der Waals surface area contributed by atoms with Crippen molar-refractivity contribution in [2.24, 2.45) is 7.05 Å². The Morgan fingerprint density at radius 3 is 2.75 bits per heavy atom. The van der Waals surface area contributed by atoms with E-state index in [2.05, 4.69) is 15.4 Å². The first kappa shape index (κ1) is 16.7. The van der Waals surface area contributed by atoms with Crippen molar-refractivity contribution in [2.45, 2.75) is 20.3 Å². The Morgan fingerprint density at radius 2 is 2.08 bits per heavy atom. The second-order valence-electron chi connectivity index (χ2n) is 5.52. The van der Waals surface area contributed by atoms with Gasteiger partial charge in [0.2, 0.25) is 0 Å². The van der Waals surface area contributed by atoms with E-state index in [1.807, 2.05) is 38.1 Å². The van der Waals surface area contributed by atoms with Crippen LogP contribution in [-0.4, -0.2) is 20.7 Å². The smallest absolute Gasteiger partial charge is 0.260 e. The molecule has 3 aromatic rings. The van der Waals surface area contributed by atoms with Gasteiger partial charge in [0, 0.05) is 29.1 Å². The maximum Gasteiger partial charge on any atom is 0.260 e. The highest BCUT2D eigenvalue weighted by atomic mass is 35.5. The zero-order valence-electron chi connectivity index (χ0n) is 13.6. The zero-order chi connectivity index (χ0) is 17.3. The largest absolute Gasteiger partial charge is 0.298 e. The molecule has 2 heterocycles. The van der Waals surface area contributed by atoms with Gasteiger partial charge in [-0.15, -0.1) is 11.3 Å². The summed E-state index contributed by atoms with van der Waals surface area (Å²) in [5.41, 5.74) is 3.32. The normalized spacial score (nSPS) is 10.8. The van der Waals surface area contributed by atoms with E-state index >= 15 is 0 Å². The van der Waals surface area contributed by atoms with Crippen molar-refractivity contribution in [2.75, 3.05) is 5.32 Å². The molecule has 1 N–H and O–H groups in total. The molecule has 0 aliphatic rings. The van der Waals surface area contributed by atoms with Gasteiger partial charge < -0.3 is 0 Å². The third kappa shape index (κ3) is 3.34. The Hall–Kier alpha value is -2.18. The highest BCUT2D eigenvalue weighted by Gasteiger charge is 2.16. The standard InChI is InChI=1S/C17H17ClN4OS/c1-10-15(8-12-6-4-5-7-14(12)18)24-17(20-10)21-16(23)13-9-19-22(3)11(13)2/h4-7,9H,8H2,1-3H3,(H,20,21,23). The maximum atomic E-state index is 12.4. The molecule has 3 rings (SSSR count). The van der Waals surface area contributed by atoms with Crippen LogP contribution >= 0.6 is 22.9 Å². The molecule has 0 aliphatic carbocycles. The molecule has 2 aromatic heterocycles. The van der Waals surface area contributed by atoms with E-state index in [4.69, 9.17) is 11.6 Å². The van der Waals surface area contributed by atoms with Crippen LogP contribution in [0.25, 0.3) is 0 Å². The molecular formula is C17H17ClN4OS. The van der Waals surface area contributed by atoms with Crippen molar-refractivity contribution in [3.8, 4) is 0 Å². The molecule has 1 aromatic carbocycles. The molecule has 0 saturated carbocycles. The second kappa shape index (κ2) is 6.75. The average Bonchev–Trinajstić information content (AvgIpc) is 3.05. The summed E-state index contributed by atoms with van der Waals surface area (Å²) < 4.78 is 1.67. The summed E-state index contributed by atoms with van der Waals surface area (Å²) in [4.78, 5) is 17.9. The first-order chi connectivity index (χ1) is 11.5. The van der Waals surface area contributed by atoms with Gasteiger partial charge in [-0.05, 0) is 25.5 Å². The molecule has 0 spiro atoms. The number of amides is 1. The van der Waals surface area contributed by atoms with Gasteiger partial charge in [-0.3, -0.25) is 14.8 Å². The third-order valence-corrected chi connectivity index (χ3v) is 5.34. The minimum Gasteiger partial charge on any atom is -0.298 e. The number of aryl methyl sites for hydroxylation is 2. The van der Waals surface area contributed by atoms with Gasteiger partial charge in [-0.2, -0.15) is 5.10 Å². The molecular weight excluding hydrogens is 344 g/mol. The Balaban J connectivity index is 1.78. The molecule has 0 aliphatic heterocycles. The second-order valence-corrected chi connectivity index (χ2v) is 7.01. The number of hydrogen-bond donors (Lipinski definition) is 1. The van der Waals surface area contributed by atoms with E-state index in [1.54, 1.807) is 17.9 Å². The summed E-state index contributed by atoms with van der Waals surface area (Å²) >= 11 is 7.69. The average molecular weight is 361 g/mol. The van der Waals surface area contributed by atoms with Gasteiger partial charge in [0.15, 0.2) is 5.13 Å². The first-order valence-electron chi connectivity index (χ1n) is 7.45. The number of benzene rings is 1. The molecule has 0 fully saturated rings. The molecule has 1 amide bonds. The SMILES string of the molecule is Cc1nc(NC(=O)c2cnn(C)c2C)sc1Cc1ccccc1Cl. The minimum absolute atomic E-state index is 0.196. The number of halogens is 1. The van der Waals surface area contributed by atoms with Crippen molar-refractivity contribution < 1.29 is 4.79 Å². The van der Waals surface area contributed by atoms with Gasteiger partial charge in [-0.1, -0.05) is 29.8 Å². The van der Waals surface area contributed by atoms with Crippen LogP contribution in [0.1, 0.15) is 32.2 Å². The van der Waals surface area contributed by atoms with Crippen molar-refractivity contribution in [1.29, 1.82) is 0 Å². The number of anilines is 1. The summed E-state index contributed by atoms with van der Waals surface area (Å²) in [6.45, 7) is 3.80. The molecule has 5 nitrogen and oxygen atoms in total. The number of rotatable bonds is 4. The van der Waals surface area contributed by atoms with Crippen LogP contribution in [-0.2, 0) is 13.5 Å². The minimum atomic E-state index is -0.196. The van der Waals surface area contributed by atoms with E-state index < -0.39 is 0 Å². The summed E-state index contributed by atoms with van der Waals surface area (Å²) in [6.07, 6.45) is 2.26. The molecule has 7 heteroatoms. The number of nitrogens with zero attached hydrogens (tertiary/aromatic N) is 3. The molecule has 0 radical (unpaired) electrons. The lowest BCUT2D eigenvalue weighted by Crippen LogP contribution is -2.12. The third-order valence-electron chi connectivity index (χ3n) is 3.90. The molecule has 0 bridgehead atoms. The van der Waals surface area contributed by atoms with Crippen LogP contribution in [0.5, 0.6) is 0 Å². The first-order valence-corrected chi connectivity index (χ1v) is 8.65. The molecule has 124 valence electrons. The highest BCUT2D eigenvalue weighted by Crippen LogP contribution is 2.28. The van der Waals surface area contributed by atoms with E-state index in [1.165, 1.54) is 11.3 Å². The Morgan fingerprint density at radius 1 is 1.33 bits per heavy atom. The zero-order valence-corrected chi connectivity index (χ0v) is 15.2. The van der Waals surface area contributed by atoms with E-state index in [9.17, 15) is 4.79 Å². The van der Waals surface area contributed by atoms with Crippen LogP contribution in [0.15, 0.2) is 30.5 Å². The van der Waals surface area contributed by atoms with E-state index in [0.29, 0.717) is 17.1 Å². The van der Waals surface area contributed by atoms with Gasteiger partial charge in [-0.25, -0.2) is 4.98 Å². The monoisotopic (exact) mass is 360 g/mol. The van der Waals surface area contributed by atoms with E-state index in [0.717, 1.165) is 26.9 Å². The van der Waals surface area contributed by atoms with Crippen LogP contribution in [0.4, 0.5) is 5.13 Å². The Kier molecular flexibility index (Phi) is 4.69. The van der Waals surface area contributed by atoms with Gasteiger partial charge >= 0.3 is 0 Å². The van der Waals surface area contributed by atoms with Crippen LogP contribution in [0.3, 0.4) is 0 Å². The molecule has 0 unspecified atom stereocenters. The van der Waals surface area contributed by atoms with E-state index in [-0.39, 0.29) is 5.91 Å². The number of hydrogen-bond acceptors (Lipinski definition) is 4. The fourth-order valence-electron chi connectivity index (χ4n) is 2.35. The van der Waals surface area contributed by atoms with Gasteiger partial charge in [0.05, 0.1) is 17.5 Å². The fourth-order valence-corrected chi connectivity index (χ4v) is 3.53. The van der Waals surface area contributed by atoms with Crippen LogP contribution in [0.2, 0.25) is 5.02 Å². The summed E-state index contributed by atoms with van der Waals surface area (Å²) in [5.74, 6) is -0.196. The number of carbonyl (C=O) groups excluding carboxylic acids is 1. The predicted octanol–water partition coefficient (Wildman–Crippen LogP) is 3.99. The lowest BCUT2D eigenvalue weighted by Gasteiger charge is -2.02. The van der Waals surface area contributed by atoms with Crippen LogP contribution < -0.4 is 5.32 Å². The number of thiazole rings is 1. The lowest BCUT2D eigenvalue weighted by atomic mass is 10.1. The summed E-state index contributed by atoms with van der Waals surface area (Å²) in [7, 11) is 1.81. The quantitative estimate of drug-likeness (QED) is 0.765. The fraction of sp³-hybridized carbons (Fsp3) is 0.235. The number of aromatic nitrogens is 3. The number of carbonyl (C=O) groups is 1. The Labute approximate surface area is 149 Å². The topological polar surface area (TPSA) is 59.8 Å². The molecule has 0 saturated heterocycles. The number of nitrogens with one attached hydrogen (secondary N) is 1. The van der Waals surface area contributed by atoms with Crippen molar-refractivity contribution in [3.63, 3.8) is 0 Å². The van der Waals surface area contributed by atoms with Gasteiger partial charge in [0.25, 0.3) is 5.91 Å². The maximum absolute atomic E-state index is 12.4. The van der Waals surface area contributed by atoms with Gasteiger partial charge in [0.1, 0.15) is 0 Å². The summed E-state index contributed by atoms with van der Waals surface area (Å²) in [6, 6.07) is 7.75. The molecule has 24 heavy (non-hydrogen) atoms. The van der Waals surface area contributed by atoms with Crippen molar-refractivity contribution in [1.82, 2.24) is 14.8 Å². The lowest BCUT2D eigenvalue weighted by molar-refractivity contribution is 0.102. The predicted molar refractivity (Wildman–Crippen MR) is 97.0 cm³/mol. The van der Waals surface area contributed by atoms with Crippen LogP contribution in [0, 0.1) is 13.8 Å². The molecule has 0 atom stereocenters. The van der Waals surface area contributed by atoms with Crippen molar-refractivity contribution in [3.05, 3.63) is 62.9 Å². The van der Waals surface area contributed by atoms with Crippen molar-refractivity contribution >= 4 is 34.0 Å². The summed E-state index contributed by atoms with van der Waals surface area (Å²) in [5, 5.41) is 8.27.